The Bertz CT molecular complexity index is 1380. The van der Waals surface area contributed by atoms with Crippen LogP contribution in [0.25, 0.3) is 23.0 Å². The largest absolute Gasteiger partial charge is 0.457 e. The van der Waals surface area contributed by atoms with E-state index in [-0.39, 0.29) is 22.7 Å². The van der Waals surface area contributed by atoms with Gasteiger partial charge in [0.05, 0.1) is 16.8 Å². The SMILES string of the molecule is CN1CCCCC1CNC(=O)c1cccc(-c2ccc(C=C3C(=O)Nc4c3cccc4C(F)(F)F)o2)c1. The lowest BCUT2D eigenvalue weighted by Gasteiger charge is -2.32. The van der Waals surface area contributed by atoms with Gasteiger partial charge in [0.15, 0.2) is 0 Å². The molecule has 1 unspecified atom stereocenters. The maximum Gasteiger partial charge on any atom is 0.418 e. The predicted molar refractivity (Wildman–Crippen MR) is 135 cm³/mol. The molecule has 3 aromatic rings. The van der Waals surface area contributed by atoms with Crippen molar-refractivity contribution in [1.29, 1.82) is 0 Å². The molecule has 2 aliphatic rings. The number of nitrogens with one attached hydrogen (secondary N) is 2. The van der Waals surface area contributed by atoms with E-state index in [1.54, 1.807) is 36.4 Å². The molecule has 0 spiro atoms. The molecular weight excluding hydrogens is 483 g/mol. The van der Waals surface area contributed by atoms with Crippen LogP contribution >= 0.6 is 0 Å². The third-order valence-electron chi connectivity index (χ3n) is 6.89. The summed E-state index contributed by atoms with van der Waals surface area (Å²) in [6, 6.07) is 14.3. The van der Waals surface area contributed by atoms with Gasteiger partial charge in [0, 0.05) is 29.3 Å². The number of nitrogens with zero attached hydrogens (tertiary/aromatic N) is 1. The number of hydrogen-bond donors (Lipinski definition) is 2. The Morgan fingerprint density at radius 2 is 1.97 bits per heavy atom. The monoisotopic (exact) mass is 509 g/mol. The molecule has 0 bridgehead atoms. The van der Waals surface area contributed by atoms with Gasteiger partial charge in [-0.15, -0.1) is 0 Å². The summed E-state index contributed by atoms with van der Waals surface area (Å²) in [5.41, 5.74) is 0.268. The van der Waals surface area contributed by atoms with E-state index in [4.69, 9.17) is 4.42 Å². The van der Waals surface area contributed by atoms with Crippen molar-refractivity contribution >= 4 is 29.2 Å². The average molecular weight is 510 g/mol. The smallest absolute Gasteiger partial charge is 0.418 e. The summed E-state index contributed by atoms with van der Waals surface area (Å²) in [6.45, 7) is 1.61. The van der Waals surface area contributed by atoms with E-state index in [0.29, 0.717) is 35.2 Å². The van der Waals surface area contributed by atoms with Crippen LogP contribution in [0.1, 0.15) is 46.5 Å². The summed E-state index contributed by atoms with van der Waals surface area (Å²) in [4.78, 5) is 27.5. The van der Waals surface area contributed by atoms with Gasteiger partial charge >= 0.3 is 6.18 Å². The predicted octanol–water partition coefficient (Wildman–Crippen LogP) is 5.67. The molecule has 1 fully saturated rings. The number of alkyl halides is 3. The Hall–Kier alpha value is -3.85. The third kappa shape index (κ3) is 5.17. The molecule has 1 saturated heterocycles. The van der Waals surface area contributed by atoms with E-state index < -0.39 is 17.6 Å². The zero-order chi connectivity index (χ0) is 26.2. The number of benzene rings is 2. The minimum atomic E-state index is -4.59. The number of likely N-dealkylation sites (tertiary alicyclic amines) is 1. The van der Waals surface area contributed by atoms with Crippen LogP contribution in [0.5, 0.6) is 0 Å². The number of likely N-dealkylation sites (N-methyl/N-ethyl adjacent to an activating group) is 1. The zero-order valence-electron chi connectivity index (χ0n) is 20.2. The summed E-state index contributed by atoms with van der Waals surface area (Å²) in [6.07, 6.45) is 0.226. The lowest BCUT2D eigenvalue weighted by molar-refractivity contribution is -0.136. The molecule has 1 aromatic heterocycles. The number of hydrogen-bond acceptors (Lipinski definition) is 4. The van der Waals surface area contributed by atoms with Crippen LogP contribution in [0.15, 0.2) is 59.0 Å². The number of halogens is 3. The lowest BCUT2D eigenvalue weighted by atomic mass is 10.0. The second kappa shape index (κ2) is 9.89. The van der Waals surface area contributed by atoms with E-state index in [0.717, 1.165) is 25.5 Å². The molecule has 0 radical (unpaired) electrons. The van der Waals surface area contributed by atoms with E-state index in [2.05, 4.69) is 22.6 Å². The van der Waals surface area contributed by atoms with Gasteiger partial charge in [0.25, 0.3) is 11.8 Å². The summed E-state index contributed by atoms with van der Waals surface area (Å²) < 4.78 is 45.9. The highest BCUT2D eigenvalue weighted by atomic mass is 19.4. The number of rotatable bonds is 5. The zero-order valence-corrected chi connectivity index (χ0v) is 20.2. The Balaban J connectivity index is 1.34. The Morgan fingerprint density at radius 3 is 2.76 bits per heavy atom. The fourth-order valence-electron chi connectivity index (χ4n) is 4.85. The van der Waals surface area contributed by atoms with Gasteiger partial charge < -0.3 is 20.0 Å². The van der Waals surface area contributed by atoms with Crippen molar-refractivity contribution in [3.63, 3.8) is 0 Å². The van der Waals surface area contributed by atoms with Crippen LogP contribution in [-0.2, 0) is 11.0 Å². The van der Waals surface area contributed by atoms with Crippen LogP contribution in [0.4, 0.5) is 18.9 Å². The molecule has 3 heterocycles. The van der Waals surface area contributed by atoms with Crippen molar-refractivity contribution in [2.45, 2.75) is 31.5 Å². The van der Waals surface area contributed by atoms with Crippen LogP contribution in [0.3, 0.4) is 0 Å². The number of para-hydroxylation sites is 1. The molecule has 192 valence electrons. The van der Waals surface area contributed by atoms with Crippen molar-refractivity contribution in [1.82, 2.24) is 10.2 Å². The van der Waals surface area contributed by atoms with Gasteiger partial charge in [0.1, 0.15) is 11.5 Å². The molecule has 37 heavy (non-hydrogen) atoms. The fraction of sp³-hybridized carbons (Fsp3) is 0.286. The first-order valence-electron chi connectivity index (χ1n) is 12.1. The van der Waals surface area contributed by atoms with Crippen LogP contribution in [-0.4, -0.2) is 42.9 Å². The van der Waals surface area contributed by atoms with E-state index >= 15 is 0 Å². The standard InChI is InChI=1S/C28H26F3N3O3/c1-34-13-3-2-8-19(34)16-32-26(35)18-7-4-6-17(14-18)24-12-11-20(37-24)15-22-21-9-5-10-23(28(29,30)31)25(21)33-27(22)36/h4-7,9-12,14-15,19H,2-3,8,13,16H2,1H3,(H,32,35)(H,33,36). The number of anilines is 1. The first-order chi connectivity index (χ1) is 17.7. The third-order valence-corrected chi connectivity index (χ3v) is 6.89. The maximum absolute atomic E-state index is 13.3. The average Bonchev–Trinajstić information content (AvgIpc) is 3.47. The van der Waals surface area contributed by atoms with Gasteiger partial charge in [-0.2, -0.15) is 13.2 Å². The minimum Gasteiger partial charge on any atom is -0.457 e. The first-order valence-corrected chi connectivity index (χ1v) is 12.1. The molecule has 2 aromatic carbocycles. The molecule has 5 rings (SSSR count). The number of furan rings is 1. The molecule has 2 amide bonds. The molecule has 0 saturated carbocycles. The first kappa shape index (κ1) is 24.8. The lowest BCUT2D eigenvalue weighted by Crippen LogP contribution is -2.44. The van der Waals surface area contributed by atoms with Crippen molar-refractivity contribution in [3.8, 4) is 11.3 Å². The number of piperidine rings is 1. The number of amides is 2. The quantitative estimate of drug-likeness (QED) is 0.435. The Kier molecular flexibility index (Phi) is 6.64. The van der Waals surface area contributed by atoms with E-state index in [1.165, 1.54) is 24.6 Å². The van der Waals surface area contributed by atoms with Gasteiger partial charge in [0.2, 0.25) is 0 Å². The summed E-state index contributed by atoms with van der Waals surface area (Å²) in [7, 11) is 2.07. The van der Waals surface area contributed by atoms with Gasteiger partial charge in [-0.1, -0.05) is 30.7 Å². The summed E-state index contributed by atoms with van der Waals surface area (Å²) >= 11 is 0. The Labute approximate surface area is 212 Å². The number of carbonyl (C=O) groups is 2. The van der Waals surface area contributed by atoms with Crippen molar-refractivity contribution < 1.29 is 27.2 Å². The molecular formula is C28H26F3N3O3. The van der Waals surface area contributed by atoms with E-state index in [9.17, 15) is 22.8 Å². The highest BCUT2D eigenvalue weighted by molar-refractivity contribution is 6.35. The highest BCUT2D eigenvalue weighted by Crippen LogP contribution is 2.43. The Morgan fingerprint density at radius 1 is 1.16 bits per heavy atom. The van der Waals surface area contributed by atoms with Gasteiger partial charge in [-0.3, -0.25) is 9.59 Å². The van der Waals surface area contributed by atoms with Crippen molar-refractivity contribution in [3.05, 3.63) is 77.0 Å². The molecule has 2 aliphatic heterocycles. The number of fused-ring (bicyclic) bond motifs is 1. The van der Waals surface area contributed by atoms with Gasteiger partial charge in [-0.25, -0.2) is 0 Å². The van der Waals surface area contributed by atoms with Crippen molar-refractivity contribution in [2.24, 2.45) is 0 Å². The van der Waals surface area contributed by atoms with Crippen molar-refractivity contribution in [2.75, 3.05) is 25.5 Å². The van der Waals surface area contributed by atoms with Gasteiger partial charge in [-0.05, 0) is 62.8 Å². The highest BCUT2D eigenvalue weighted by Gasteiger charge is 2.38. The van der Waals surface area contributed by atoms with Crippen LogP contribution in [0, 0.1) is 0 Å². The molecule has 2 N–H and O–H groups in total. The minimum absolute atomic E-state index is 0.0859. The molecule has 6 nitrogen and oxygen atoms in total. The summed E-state index contributed by atoms with van der Waals surface area (Å²) in [5.74, 6) is -0.0295. The number of carbonyl (C=O) groups excluding carboxylic acids is 2. The second-order valence-electron chi connectivity index (χ2n) is 9.36. The molecule has 1 atom stereocenters. The van der Waals surface area contributed by atoms with E-state index in [1.807, 2.05) is 0 Å². The molecule has 0 aliphatic carbocycles. The fourth-order valence-corrected chi connectivity index (χ4v) is 4.85. The van der Waals surface area contributed by atoms with Crippen LogP contribution < -0.4 is 10.6 Å². The maximum atomic E-state index is 13.3. The summed E-state index contributed by atoms with van der Waals surface area (Å²) in [5, 5.41) is 5.34. The topological polar surface area (TPSA) is 74.6 Å². The normalized spacial score (nSPS) is 19.1. The van der Waals surface area contributed by atoms with Crippen LogP contribution in [0.2, 0.25) is 0 Å². The second-order valence-corrected chi connectivity index (χ2v) is 9.36. The molecule has 9 heteroatoms.